The number of hydrogen-bond donors (Lipinski definition) is 2. The second-order valence-electron chi connectivity index (χ2n) is 4.57. The molecule has 0 bridgehead atoms. The Morgan fingerprint density at radius 3 is 2.33 bits per heavy atom. The third kappa shape index (κ3) is 4.48. The summed E-state index contributed by atoms with van der Waals surface area (Å²) in [7, 11) is 0. The molecule has 3 nitrogen and oxygen atoms in total. The van der Waals surface area contributed by atoms with Crippen LogP contribution in [-0.2, 0) is 6.42 Å². The van der Waals surface area contributed by atoms with Gasteiger partial charge in [-0.1, -0.05) is 50.5 Å². The molecule has 0 aliphatic heterocycles. The third-order valence-electron chi connectivity index (χ3n) is 3.07. The van der Waals surface area contributed by atoms with Gasteiger partial charge in [-0.05, 0) is 24.0 Å². The maximum atomic E-state index is 9.65. The SMILES string of the molecule is CCCCCCc1ccc(C(O)C(O)C#N)cc1. The van der Waals surface area contributed by atoms with E-state index < -0.39 is 12.2 Å². The lowest BCUT2D eigenvalue weighted by Crippen LogP contribution is -2.15. The molecule has 0 aliphatic carbocycles. The fraction of sp³-hybridized carbons (Fsp3) is 0.533. The molecule has 0 fully saturated rings. The zero-order valence-corrected chi connectivity index (χ0v) is 10.8. The number of aryl methyl sites for hydroxylation is 1. The highest BCUT2D eigenvalue weighted by Gasteiger charge is 2.16. The molecule has 0 saturated carbocycles. The number of nitrogens with zero attached hydrogens (tertiary/aromatic N) is 1. The molecule has 3 heteroatoms. The topological polar surface area (TPSA) is 64.2 Å². The van der Waals surface area contributed by atoms with Crippen LogP contribution in [0.5, 0.6) is 0 Å². The van der Waals surface area contributed by atoms with Gasteiger partial charge in [0.15, 0.2) is 6.10 Å². The van der Waals surface area contributed by atoms with E-state index >= 15 is 0 Å². The van der Waals surface area contributed by atoms with Crippen molar-refractivity contribution in [1.82, 2.24) is 0 Å². The second-order valence-corrected chi connectivity index (χ2v) is 4.57. The van der Waals surface area contributed by atoms with Crippen LogP contribution in [-0.4, -0.2) is 16.3 Å². The molecule has 0 aromatic heterocycles. The Hall–Kier alpha value is -1.37. The average molecular weight is 247 g/mol. The van der Waals surface area contributed by atoms with Gasteiger partial charge in [-0.3, -0.25) is 0 Å². The van der Waals surface area contributed by atoms with E-state index in [1.165, 1.54) is 31.2 Å². The normalized spacial score (nSPS) is 13.9. The predicted octanol–water partition coefficient (Wildman–Crippen LogP) is 2.73. The summed E-state index contributed by atoms with van der Waals surface area (Å²) in [4.78, 5) is 0. The van der Waals surface area contributed by atoms with E-state index in [0.29, 0.717) is 5.56 Å². The van der Waals surface area contributed by atoms with Crippen molar-refractivity contribution in [2.24, 2.45) is 0 Å². The zero-order valence-electron chi connectivity index (χ0n) is 10.8. The van der Waals surface area contributed by atoms with Crippen molar-refractivity contribution in [3.8, 4) is 6.07 Å². The van der Waals surface area contributed by atoms with E-state index in [1.807, 2.05) is 12.1 Å². The van der Waals surface area contributed by atoms with Crippen LogP contribution >= 0.6 is 0 Å². The monoisotopic (exact) mass is 247 g/mol. The Labute approximate surface area is 109 Å². The highest BCUT2D eigenvalue weighted by molar-refractivity contribution is 5.25. The minimum atomic E-state index is -1.36. The van der Waals surface area contributed by atoms with Crippen molar-refractivity contribution >= 4 is 0 Å². The van der Waals surface area contributed by atoms with Gasteiger partial charge in [0.25, 0.3) is 0 Å². The van der Waals surface area contributed by atoms with Crippen LogP contribution in [0.1, 0.15) is 49.8 Å². The van der Waals surface area contributed by atoms with Crippen molar-refractivity contribution in [3.05, 3.63) is 35.4 Å². The van der Waals surface area contributed by atoms with Crippen molar-refractivity contribution in [3.63, 3.8) is 0 Å². The van der Waals surface area contributed by atoms with Gasteiger partial charge in [0.2, 0.25) is 0 Å². The zero-order chi connectivity index (χ0) is 13.4. The molecule has 0 amide bonds. The summed E-state index contributed by atoms with van der Waals surface area (Å²) in [5, 5.41) is 27.4. The fourth-order valence-electron chi connectivity index (χ4n) is 1.89. The van der Waals surface area contributed by atoms with Crippen LogP contribution < -0.4 is 0 Å². The maximum Gasteiger partial charge on any atom is 0.170 e. The summed E-state index contributed by atoms with van der Waals surface area (Å²) < 4.78 is 0. The summed E-state index contributed by atoms with van der Waals surface area (Å²) in [5.41, 5.74) is 1.81. The van der Waals surface area contributed by atoms with E-state index in [1.54, 1.807) is 18.2 Å². The molecule has 1 aromatic rings. The van der Waals surface area contributed by atoms with Crippen LogP contribution in [0.15, 0.2) is 24.3 Å². The van der Waals surface area contributed by atoms with Gasteiger partial charge in [0.1, 0.15) is 6.10 Å². The number of rotatable bonds is 7. The Morgan fingerprint density at radius 1 is 1.11 bits per heavy atom. The molecule has 2 N–H and O–H groups in total. The predicted molar refractivity (Wildman–Crippen MR) is 70.9 cm³/mol. The van der Waals surface area contributed by atoms with Crippen molar-refractivity contribution in [2.45, 2.75) is 51.2 Å². The number of aliphatic hydroxyl groups is 2. The summed E-state index contributed by atoms with van der Waals surface area (Å²) in [6.07, 6.45) is 3.48. The quantitative estimate of drug-likeness (QED) is 0.575. The van der Waals surface area contributed by atoms with Crippen molar-refractivity contribution < 1.29 is 10.2 Å². The standard InChI is InChI=1S/C15H21NO2/c1-2-3-4-5-6-12-7-9-13(10-8-12)15(18)14(17)11-16/h7-10,14-15,17-18H,2-6H2,1H3. The lowest BCUT2D eigenvalue weighted by Gasteiger charge is -2.12. The van der Waals surface area contributed by atoms with E-state index in [0.717, 1.165) is 6.42 Å². The first kappa shape index (κ1) is 14.7. The minimum Gasteiger partial charge on any atom is -0.385 e. The number of nitriles is 1. The molecule has 0 spiro atoms. The van der Waals surface area contributed by atoms with Gasteiger partial charge >= 0.3 is 0 Å². The van der Waals surface area contributed by atoms with E-state index in [4.69, 9.17) is 5.26 Å². The molecule has 0 saturated heterocycles. The van der Waals surface area contributed by atoms with E-state index in [9.17, 15) is 10.2 Å². The summed E-state index contributed by atoms with van der Waals surface area (Å²) in [6.45, 7) is 2.19. The number of hydrogen-bond acceptors (Lipinski definition) is 3. The van der Waals surface area contributed by atoms with Crippen LogP contribution in [0.25, 0.3) is 0 Å². The third-order valence-corrected chi connectivity index (χ3v) is 3.07. The van der Waals surface area contributed by atoms with Gasteiger partial charge in [0.05, 0.1) is 6.07 Å². The molecule has 0 radical (unpaired) electrons. The van der Waals surface area contributed by atoms with Gasteiger partial charge in [-0.15, -0.1) is 0 Å². The summed E-state index contributed by atoms with van der Waals surface area (Å²) in [6, 6.07) is 9.09. The van der Waals surface area contributed by atoms with Crippen molar-refractivity contribution in [1.29, 1.82) is 5.26 Å². The molecule has 0 aliphatic rings. The first-order valence-electron chi connectivity index (χ1n) is 6.53. The lowest BCUT2D eigenvalue weighted by atomic mass is 10.0. The Bertz CT molecular complexity index is 380. The minimum absolute atomic E-state index is 0.585. The molecular formula is C15H21NO2. The molecule has 98 valence electrons. The van der Waals surface area contributed by atoms with Crippen molar-refractivity contribution in [2.75, 3.05) is 0 Å². The summed E-state index contributed by atoms with van der Waals surface area (Å²) >= 11 is 0. The average Bonchev–Trinajstić information content (AvgIpc) is 2.42. The smallest absolute Gasteiger partial charge is 0.170 e. The Morgan fingerprint density at radius 2 is 1.78 bits per heavy atom. The van der Waals surface area contributed by atoms with Crippen LogP contribution in [0.3, 0.4) is 0 Å². The molecule has 2 unspecified atom stereocenters. The fourth-order valence-corrected chi connectivity index (χ4v) is 1.89. The second kappa shape index (κ2) is 7.86. The molecule has 0 heterocycles. The summed E-state index contributed by atoms with van der Waals surface area (Å²) in [5.74, 6) is 0. The molecule has 2 atom stereocenters. The first-order chi connectivity index (χ1) is 8.69. The Balaban J connectivity index is 2.50. The Kier molecular flexibility index (Phi) is 6.42. The van der Waals surface area contributed by atoms with E-state index in [-0.39, 0.29) is 0 Å². The van der Waals surface area contributed by atoms with Crippen LogP contribution in [0, 0.1) is 11.3 Å². The highest BCUT2D eigenvalue weighted by Crippen LogP contribution is 2.18. The first-order valence-corrected chi connectivity index (χ1v) is 6.53. The molecular weight excluding hydrogens is 226 g/mol. The largest absolute Gasteiger partial charge is 0.385 e. The van der Waals surface area contributed by atoms with Gasteiger partial charge in [0, 0.05) is 0 Å². The molecule has 1 rings (SSSR count). The number of unbranched alkanes of at least 4 members (excludes halogenated alkanes) is 3. The maximum absolute atomic E-state index is 9.65. The van der Waals surface area contributed by atoms with Gasteiger partial charge < -0.3 is 10.2 Å². The van der Waals surface area contributed by atoms with Crippen LogP contribution in [0.2, 0.25) is 0 Å². The molecule has 18 heavy (non-hydrogen) atoms. The number of aliphatic hydroxyl groups excluding tert-OH is 2. The van der Waals surface area contributed by atoms with E-state index in [2.05, 4.69) is 6.92 Å². The highest BCUT2D eigenvalue weighted by atomic mass is 16.3. The van der Waals surface area contributed by atoms with Gasteiger partial charge in [-0.25, -0.2) is 0 Å². The molecule has 1 aromatic carbocycles. The van der Waals surface area contributed by atoms with Gasteiger partial charge in [-0.2, -0.15) is 5.26 Å². The van der Waals surface area contributed by atoms with Crippen LogP contribution in [0.4, 0.5) is 0 Å². The number of benzene rings is 1. The lowest BCUT2D eigenvalue weighted by molar-refractivity contribution is 0.0528.